The smallest absolute Gasteiger partial charge is 0.349 e. The van der Waals surface area contributed by atoms with E-state index in [2.05, 4.69) is 15.6 Å². The van der Waals surface area contributed by atoms with Gasteiger partial charge in [-0.2, -0.15) is 0 Å². The van der Waals surface area contributed by atoms with Crippen LogP contribution in [0.4, 0.5) is 4.70 Å². The number of carbonyl (C=O) groups excluding carboxylic acids is 1. The van der Waals surface area contributed by atoms with Gasteiger partial charge in [-0.1, -0.05) is 29.8 Å². The second kappa shape index (κ2) is 19.7. The third-order valence-electron chi connectivity index (χ3n) is 9.77. The Morgan fingerprint density at radius 3 is 2.40 bits per heavy atom. The maximum absolute atomic E-state index is 13.3. The predicted octanol–water partition coefficient (Wildman–Crippen LogP) is 6.58. The van der Waals surface area contributed by atoms with Crippen molar-refractivity contribution in [2.45, 2.75) is 68.8 Å². The number of thiophene rings is 2. The van der Waals surface area contributed by atoms with Crippen LogP contribution in [-0.2, 0) is 21.6 Å². The molecule has 0 aliphatic heterocycles. The van der Waals surface area contributed by atoms with E-state index in [9.17, 15) is 24.9 Å². The van der Waals surface area contributed by atoms with Crippen LogP contribution in [0.25, 0.3) is 10.9 Å². The van der Waals surface area contributed by atoms with Crippen LogP contribution < -0.4 is 25.7 Å². The van der Waals surface area contributed by atoms with Crippen LogP contribution in [0.1, 0.15) is 65.5 Å². The van der Waals surface area contributed by atoms with Crippen molar-refractivity contribution in [3.63, 3.8) is 0 Å². The quantitative estimate of drug-likeness (QED) is 0.0421. The zero-order valence-electron chi connectivity index (χ0n) is 30.4. The van der Waals surface area contributed by atoms with E-state index < -0.39 is 17.7 Å². The molecule has 1 atom stereocenters. The number of phenolic OH excluding ortho intramolecular Hbond substituents is 1. The lowest BCUT2D eigenvalue weighted by Gasteiger charge is -2.32. The molecule has 3 heterocycles. The highest BCUT2D eigenvalue weighted by Gasteiger charge is 2.45. The summed E-state index contributed by atoms with van der Waals surface area (Å²) in [4.78, 5) is 28.8. The van der Waals surface area contributed by atoms with E-state index >= 15 is 0 Å². The largest absolute Gasteiger partial charge is 0.506 e. The first-order chi connectivity index (χ1) is 26.2. The van der Waals surface area contributed by atoms with E-state index in [0.717, 1.165) is 50.6 Å². The van der Waals surface area contributed by atoms with Gasteiger partial charge in [0.2, 0.25) is 11.2 Å². The number of methoxy groups -OCH3 is 1. The molecule has 3 aromatic heterocycles. The lowest BCUT2D eigenvalue weighted by molar-refractivity contribution is -0.169. The fraction of sp³-hybridized carbons (Fsp3) is 0.400. The summed E-state index contributed by atoms with van der Waals surface area (Å²) < 4.78 is 17.5. The molecule has 55 heavy (non-hydrogen) atoms. The van der Waals surface area contributed by atoms with Crippen molar-refractivity contribution in [1.29, 1.82) is 0 Å². The molecule has 5 aromatic rings. The van der Waals surface area contributed by atoms with Crippen molar-refractivity contribution in [3.05, 3.63) is 108 Å². The SMILES string of the molecule is COc1cc(OCCCCN[C@H]2CC[C@H](OC(=O)C(O)(c3cccs3)c3cccs3)CC2)c(Cl)cc1CCNC[C@H](O)c1ccc(O)c2[nH]c(=O)ccc12.F. The van der Waals surface area contributed by atoms with Crippen LogP contribution in [0.5, 0.6) is 17.2 Å². The van der Waals surface area contributed by atoms with Gasteiger partial charge in [0.05, 0.1) is 40.1 Å². The molecule has 1 aliphatic rings. The van der Waals surface area contributed by atoms with Crippen LogP contribution in [0.15, 0.2) is 76.2 Å². The van der Waals surface area contributed by atoms with Crippen molar-refractivity contribution in [2.75, 3.05) is 33.4 Å². The molecule has 1 fully saturated rings. The average molecular weight is 816 g/mol. The number of pyridine rings is 1. The number of esters is 1. The van der Waals surface area contributed by atoms with Gasteiger partial charge in [-0.25, -0.2) is 4.79 Å². The summed E-state index contributed by atoms with van der Waals surface area (Å²) in [7, 11) is 1.60. The number of aromatic amines is 1. The van der Waals surface area contributed by atoms with Gasteiger partial charge in [0.1, 0.15) is 23.4 Å². The van der Waals surface area contributed by atoms with Crippen molar-refractivity contribution in [2.24, 2.45) is 0 Å². The summed E-state index contributed by atoms with van der Waals surface area (Å²) in [6, 6.07) is 17.3. The van der Waals surface area contributed by atoms with Gasteiger partial charge in [0.25, 0.3) is 0 Å². The second-order valence-electron chi connectivity index (χ2n) is 13.4. The number of H-pyrrole nitrogens is 1. The molecule has 6 rings (SSSR count). The van der Waals surface area contributed by atoms with Crippen molar-refractivity contribution in [1.82, 2.24) is 15.6 Å². The number of carbonyl (C=O) groups is 1. The number of rotatable bonds is 18. The van der Waals surface area contributed by atoms with Crippen molar-refractivity contribution >= 4 is 51.1 Å². The number of aliphatic hydroxyl groups excluding tert-OH is 1. The van der Waals surface area contributed by atoms with Gasteiger partial charge < -0.3 is 45.1 Å². The fourth-order valence-electron chi connectivity index (χ4n) is 6.82. The standard InChI is InChI=1S/C40H46ClN3O8S2.FH/c1-50-33-23-34(30(41)22-25(33)16-18-42-24-32(46)28-12-14-31(45)38-29(28)13-15-37(47)44-38)51-19-3-2-17-43-26-8-10-27(11-9-26)52-39(48)40(49,35-6-4-20-53-35)36-7-5-21-54-36;/h4-7,12-15,20-23,26-27,32,42-43,45-46,49H,2-3,8-11,16-19,24H2,1H3,(H,44,47);1H/t26-,27-,32-;/m0./s1. The van der Waals surface area contributed by atoms with E-state index in [1.165, 1.54) is 34.8 Å². The molecule has 0 saturated heterocycles. The topological polar surface area (TPSA) is 162 Å². The molecule has 296 valence electrons. The van der Waals surface area contributed by atoms with Gasteiger partial charge in [-0.3, -0.25) is 9.50 Å². The van der Waals surface area contributed by atoms with Crippen LogP contribution in [-0.4, -0.2) is 71.8 Å². The molecule has 0 unspecified atom stereocenters. The maximum atomic E-state index is 13.3. The number of nitrogens with one attached hydrogen (secondary N) is 3. The first kappa shape index (κ1) is 42.1. The molecule has 0 bridgehead atoms. The number of benzene rings is 2. The highest BCUT2D eigenvalue weighted by Crippen LogP contribution is 2.38. The minimum absolute atomic E-state index is 0. The molecular formula is C40H47ClFN3O8S2. The highest BCUT2D eigenvalue weighted by molar-refractivity contribution is 7.12. The fourth-order valence-corrected chi connectivity index (χ4v) is 8.78. The Kier molecular flexibility index (Phi) is 15.1. The number of ether oxygens (including phenoxy) is 3. The summed E-state index contributed by atoms with van der Waals surface area (Å²) in [6.45, 7) is 2.16. The highest BCUT2D eigenvalue weighted by atomic mass is 35.5. The Balaban J connectivity index is 0.00000580. The Labute approximate surface area is 331 Å². The number of aliphatic hydroxyl groups is 2. The molecule has 15 heteroatoms. The van der Waals surface area contributed by atoms with Gasteiger partial charge in [-0.15, -0.1) is 22.7 Å². The van der Waals surface area contributed by atoms with Crippen molar-refractivity contribution < 1.29 is 39.0 Å². The molecular weight excluding hydrogens is 769 g/mol. The molecule has 0 spiro atoms. The normalized spacial score (nSPS) is 16.4. The second-order valence-corrected chi connectivity index (χ2v) is 15.7. The zero-order chi connectivity index (χ0) is 38.1. The molecule has 0 amide bonds. The minimum Gasteiger partial charge on any atom is -0.506 e. The number of unbranched alkanes of at least 4 members (excludes halogenated alkanes) is 1. The summed E-state index contributed by atoms with van der Waals surface area (Å²) in [5.74, 6) is 0.562. The number of fused-ring (bicyclic) bond motifs is 1. The Morgan fingerprint density at radius 1 is 1.00 bits per heavy atom. The van der Waals surface area contributed by atoms with E-state index in [4.69, 9.17) is 25.8 Å². The van der Waals surface area contributed by atoms with E-state index in [1.807, 2.05) is 29.0 Å². The predicted molar refractivity (Wildman–Crippen MR) is 215 cm³/mol. The van der Waals surface area contributed by atoms with Gasteiger partial charge in [-0.05, 0) is 110 Å². The molecule has 11 nitrogen and oxygen atoms in total. The molecule has 0 radical (unpaired) electrons. The Bertz CT molecular complexity index is 2000. The molecule has 1 aliphatic carbocycles. The first-order valence-electron chi connectivity index (χ1n) is 18.1. The summed E-state index contributed by atoms with van der Waals surface area (Å²) >= 11 is 9.29. The van der Waals surface area contributed by atoms with E-state index in [1.54, 1.807) is 37.4 Å². The monoisotopic (exact) mass is 815 g/mol. The van der Waals surface area contributed by atoms with Gasteiger partial charge in [0, 0.05) is 30.1 Å². The maximum Gasteiger partial charge on any atom is 0.349 e. The number of hydrogen-bond donors (Lipinski definition) is 6. The van der Waals surface area contributed by atoms with Crippen LogP contribution in [0, 0.1) is 0 Å². The van der Waals surface area contributed by atoms with Crippen LogP contribution >= 0.6 is 34.3 Å². The Morgan fingerprint density at radius 2 is 1.73 bits per heavy atom. The molecule has 2 aromatic carbocycles. The number of phenols is 1. The average Bonchev–Trinajstić information content (AvgIpc) is 3.93. The summed E-state index contributed by atoms with van der Waals surface area (Å²) in [6.07, 6.45) is 4.55. The zero-order valence-corrected chi connectivity index (χ0v) is 32.8. The number of halogens is 2. The van der Waals surface area contributed by atoms with E-state index in [-0.39, 0.29) is 28.7 Å². The first-order valence-corrected chi connectivity index (χ1v) is 20.3. The molecule has 6 N–H and O–H groups in total. The van der Waals surface area contributed by atoms with Gasteiger partial charge in [0.15, 0.2) is 0 Å². The third kappa shape index (κ3) is 10.2. The summed E-state index contributed by atoms with van der Waals surface area (Å²) in [5, 5.41) is 44.1. The van der Waals surface area contributed by atoms with Crippen LogP contribution in [0.2, 0.25) is 5.02 Å². The van der Waals surface area contributed by atoms with Crippen LogP contribution in [0.3, 0.4) is 0 Å². The van der Waals surface area contributed by atoms with Gasteiger partial charge >= 0.3 is 5.97 Å². The lowest BCUT2D eigenvalue weighted by Crippen LogP contribution is -2.41. The number of aromatic hydroxyl groups is 1. The minimum atomic E-state index is -1.78. The van der Waals surface area contributed by atoms with Crippen molar-refractivity contribution in [3.8, 4) is 17.2 Å². The third-order valence-corrected chi connectivity index (χ3v) is 12.0. The number of hydrogen-bond acceptors (Lipinski definition) is 12. The Hall–Kier alpha value is -4.02. The van der Waals surface area contributed by atoms with E-state index in [0.29, 0.717) is 68.4 Å². The lowest BCUT2D eigenvalue weighted by atomic mass is 9.92. The number of aromatic nitrogens is 1. The summed E-state index contributed by atoms with van der Waals surface area (Å²) in [5.41, 5.74) is -0.310. The molecule has 1 saturated carbocycles.